The lowest BCUT2D eigenvalue weighted by molar-refractivity contribution is 0.0695. The Bertz CT molecular complexity index is 760. The van der Waals surface area contributed by atoms with Crippen molar-refractivity contribution in [2.45, 2.75) is 110 Å². The van der Waals surface area contributed by atoms with E-state index in [0.717, 1.165) is 18.9 Å². The molecule has 0 saturated heterocycles. The van der Waals surface area contributed by atoms with Gasteiger partial charge in [-0.3, -0.25) is 0 Å². The SMILES string of the molecule is CCCCCCCCCCCCCCCCCCOCC#Cc1ccc(C(=O)O)cc1C(=O)O. The largest absolute Gasteiger partial charge is 0.478 e. The Kier molecular flexibility index (Phi) is 17.6. The fourth-order valence-electron chi connectivity index (χ4n) is 3.97. The maximum absolute atomic E-state index is 11.3. The molecule has 1 rings (SSSR count). The Morgan fingerprint density at radius 1 is 0.735 bits per heavy atom. The van der Waals surface area contributed by atoms with E-state index in [0.29, 0.717) is 12.2 Å². The van der Waals surface area contributed by atoms with Gasteiger partial charge in [0.05, 0.1) is 11.1 Å². The van der Waals surface area contributed by atoms with Crippen LogP contribution >= 0.6 is 0 Å². The number of benzene rings is 1. The van der Waals surface area contributed by atoms with Gasteiger partial charge < -0.3 is 14.9 Å². The van der Waals surface area contributed by atoms with Crippen LogP contribution in [0.15, 0.2) is 18.2 Å². The molecule has 0 amide bonds. The van der Waals surface area contributed by atoms with Gasteiger partial charge in [-0.15, -0.1) is 0 Å². The van der Waals surface area contributed by atoms with Gasteiger partial charge in [0.2, 0.25) is 0 Å². The van der Waals surface area contributed by atoms with Gasteiger partial charge in [0.1, 0.15) is 6.61 Å². The zero-order chi connectivity index (χ0) is 24.9. The molecule has 34 heavy (non-hydrogen) atoms. The van der Waals surface area contributed by atoms with Crippen LogP contribution in [0.2, 0.25) is 0 Å². The summed E-state index contributed by atoms with van der Waals surface area (Å²) in [6.07, 6.45) is 21.4. The molecular weight excluding hydrogens is 428 g/mol. The summed E-state index contributed by atoms with van der Waals surface area (Å²) in [4.78, 5) is 22.3. The molecule has 0 radical (unpaired) electrons. The molecule has 0 heterocycles. The van der Waals surface area contributed by atoms with Crippen LogP contribution in [0, 0.1) is 11.8 Å². The van der Waals surface area contributed by atoms with Gasteiger partial charge in [-0.1, -0.05) is 115 Å². The average molecular weight is 473 g/mol. The van der Waals surface area contributed by atoms with Crippen molar-refractivity contribution in [3.8, 4) is 11.8 Å². The van der Waals surface area contributed by atoms with E-state index < -0.39 is 11.9 Å². The molecule has 2 N–H and O–H groups in total. The zero-order valence-electron chi connectivity index (χ0n) is 21.1. The summed E-state index contributed by atoms with van der Waals surface area (Å²) < 4.78 is 5.52. The number of carboxylic acids is 2. The zero-order valence-corrected chi connectivity index (χ0v) is 21.1. The summed E-state index contributed by atoms with van der Waals surface area (Å²) in [7, 11) is 0. The molecule has 0 spiro atoms. The fraction of sp³-hybridized carbons (Fsp3) is 0.655. The first-order valence-electron chi connectivity index (χ1n) is 13.2. The van der Waals surface area contributed by atoms with Gasteiger partial charge in [-0.25, -0.2) is 9.59 Å². The van der Waals surface area contributed by atoms with E-state index >= 15 is 0 Å². The van der Waals surface area contributed by atoms with Gasteiger partial charge in [0.15, 0.2) is 0 Å². The lowest BCUT2D eigenvalue weighted by atomic mass is 10.0. The van der Waals surface area contributed by atoms with Crippen LogP contribution in [0.1, 0.15) is 136 Å². The Labute approximate surface area is 206 Å². The summed E-state index contributed by atoms with van der Waals surface area (Å²) in [5, 5.41) is 18.2. The normalized spacial score (nSPS) is 10.6. The third-order valence-corrected chi connectivity index (χ3v) is 6.04. The molecule has 0 atom stereocenters. The number of rotatable bonds is 20. The molecular formula is C29H44O5. The number of aromatic carboxylic acids is 2. The predicted octanol–water partition coefficient (Wildman–Crippen LogP) is 7.71. The van der Waals surface area contributed by atoms with E-state index in [1.165, 1.54) is 102 Å². The Morgan fingerprint density at radius 3 is 1.71 bits per heavy atom. The molecule has 5 heteroatoms. The highest BCUT2D eigenvalue weighted by molar-refractivity contribution is 5.95. The molecule has 1 aromatic carbocycles. The van der Waals surface area contributed by atoms with E-state index in [2.05, 4.69) is 18.8 Å². The number of carboxylic acid groups (broad SMARTS) is 2. The Hall–Kier alpha value is -2.32. The lowest BCUT2D eigenvalue weighted by Crippen LogP contribution is -2.04. The van der Waals surface area contributed by atoms with Crippen molar-refractivity contribution in [2.24, 2.45) is 0 Å². The highest BCUT2D eigenvalue weighted by Gasteiger charge is 2.12. The minimum absolute atomic E-state index is 0.0669. The molecule has 5 nitrogen and oxygen atoms in total. The van der Waals surface area contributed by atoms with Crippen molar-refractivity contribution < 1.29 is 24.5 Å². The van der Waals surface area contributed by atoms with E-state index in [1.54, 1.807) is 0 Å². The second-order valence-corrected chi connectivity index (χ2v) is 9.03. The summed E-state index contributed by atoms with van der Waals surface area (Å²) in [6, 6.07) is 3.91. The average Bonchev–Trinajstić information content (AvgIpc) is 2.82. The highest BCUT2D eigenvalue weighted by Crippen LogP contribution is 2.14. The first-order chi connectivity index (χ1) is 16.6. The summed E-state index contributed by atoms with van der Waals surface area (Å²) in [5.74, 6) is 3.23. The number of carbonyl (C=O) groups is 2. The molecule has 0 aliphatic heterocycles. The topological polar surface area (TPSA) is 83.8 Å². The smallest absolute Gasteiger partial charge is 0.336 e. The van der Waals surface area contributed by atoms with E-state index in [1.807, 2.05) is 0 Å². The third kappa shape index (κ3) is 14.8. The van der Waals surface area contributed by atoms with Crippen LogP contribution in [0.5, 0.6) is 0 Å². The fourth-order valence-corrected chi connectivity index (χ4v) is 3.97. The van der Waals surface area contributed by atoms with Crippen LogP contribution in [0.25, 0.3) is 0 Å². The lowest BCUT2D eigenvalue weighted by Gasteiger charge is -2.04. The van der Waals surface area contributed by atoms with Gasteiger partial charge in [-0.2, -0.15) is 0 Å². The molecule has 0 saturated carbocycles. The van der Waals surface area contributed by atoms with Crippen LogP contribution in [0.4, 0.5) is 0 Å². The number of unbranched alkanes of at least 4 members (excludes halogenated alkanes) is 15. The summed E-state index contributed by atoms with van der Waals surface area (Å²) >= 11 is 0. The quantitative estimate of drug-likeness (QED) is 0.150. The molecule has 0 aromatic heterocycles. The van der Waals surface area contributed by atoms with E-state index in [9.17, 15) is 14.7 Å². The molecule has 0 unspecified atom stereocenters. The minimum atomic E-state index is -1.19. The Balaban J connectivity index is 1.97. The van der Waals surface area contributed by atoms with Crippen LogP contribution in [0.3, 0.4) is 0 Å². The minimum Gasteiger partial charge on any atom is -0.478 e. The summed E-state index contributed by atoms with van der Waals surface area (Å²) in [5.41, 5.74) is 0.122. The third-order valence-electron chi connectivity index (χ3n) is 6.04. The monoisotopic (exact) mass is 472 g/mol. The van der Waals surface area contributed by atoms with Crippen LogP contribution in [-0.4, -0.2) is 35.4 Å². The second kappa shape index (κ2) is 20.1. The number of ether oxygens (including phenoxy) is 1. The standard InChI is InChI=1S/C29H44O5/c1-2-3-4-5-6-7-8-9-10-11-12-13-14-15-16-17-22-34-23-18-19-25-20-21-26(28(30)31)24-27(25)29(32)33/h20-21,24H,2-17,22-23H2,1H3,(H,30,31)(H,32,33). The van der Waals surface area contributed by atoms with E-state index in [-0.39, 0.29) is 17.7 Å². The number of hydrogen-bond donors (Lipinski definition) is 2. The van der Waals surface area contributed by atoms with Gasteiger partial charge in [-0.05, 0) is 24.6 Å². The maximum atomic E-state index is 11.3. The molecule has 1 aromatic rings. The van der Waals surface area contributed by atoms with Crippen molar-refractivity contribution >= 4 is 11.9 Å². The first kappa shape index (κ1) is 29.7. The maximum Gasteiger partial charge on any atom is 0.336 e. The van der Waals surface area contributed by atoms with E-state index in [4.69, 9.17) is 9.84 Å². The van der Waals surface area contributed by atoms with Gasteiger partial charge in [0, 0.05) is 12.2 Å². The predicted molar refractivity (Wildman–Crippen MR) is 138 cm³/mol. The van der Waals surface area contributed by atoms with Crippen molar-refractivity contribution in [1.29, 1.82) is 0 Å². The van der Waals surface area contributed by atoms with Gasteiger partial charge in [0.25, 0.3) is 0 Å². The van der Waals surface area contributed by atoms with Crippen LogP contribution < -0.4 is 0 Å². The molecule has 190 valence electrons. The van der Waals surface area contributed by atoms with Crippen LogP contribution in [-0.2, 0) is 4.74 Å². The van der Waals surface area contributed by atoms with Crippen molar-refractivity contribution in [3.63, 3.8) is 0 Å². The van der Waals surface area contributed by atoms with Gasteiger partial charge >= 0.3 is 11.9 Å². The highest BCUT2D eigenvalue weighted by atomic mass is 16.5. The molecule has 0 aliphatic carbocycles. The first-order valence-corrected chi connectivity index (χ1v) is 13.2. The molecule has 0 fully saturated rings. The van der Waals surface area contributed by atoms with Crippen molar-refractivity contribution in [3.05, 3.63) is 34.9 Å². The molecule has 0 bridgehead atoms. The summed E-state index contributed by atoms with van der Waals surface area (Å²) in [6.45, 7) is 3.15. The van der Waals surface area contributed by atoms with Crippen molar-refractivity contribution in [1.82, 2.24) is 0 Å². The molecule has 0 aliphatic rings. The number of hydrogen-bond acceptors (Lipinski definition) is 3. The Morgan fingerprint density at radius 2 is 1.24 bits per heavy atom. The second-order valence-electron chi connectivity index (χ2n) is 9.03. The van der Waals surface area contributed by atoms with Crippen molar-refractivity contribution in [2.75, 3.05) is 13.2 Å².